The highest BCUT2D eigenvalue weighted by atomic mass is 19.1. The molecule has 126 valence electrons. The number of nitrogens with zero attached hydrogens (tertiary/aromatic N) is 2. The average molecular weight is 337 g/mol. The largest absolute Gasteiger partial charge is 0.462 e. The minimum atomic E-state index is -0.944. The summed E-state index contributed by atoms with van der Waals surface area (Å²) in [5.74, 6) is -2.09. The summed E-state index contributed by atoms with van der Waals surface area (Å²) in [6.45, 7) is 0.374. The number of aromatic nitrogens is 1. The van der Waals surface area contributed by atoms with Crippen LogP contribution in [0.15, 0.2) is 36.5 Å². The number of rotatable bonds is 7. The van der Waals surface area contributed by atoms with Crippen molar-refractivity contribution in [2.24, 2.45) is 0 Å². The minimum absolute atomic E-state index is 0.00519. The van der Waals surface area contributed by atoms with Crippen LogP contribution < -0.4 is 5.32 Å². The molecule has 9 heteroatoms. The predicted molar refractivity (Wildman–Crippen MR) is 80.6 cm³/mol. The van der Waals surface area contributed by atoms with Crippen LogP contribution in [0.4, 0.5) is 20.3 Å². The molecule has 24 heavy (non-hydrogen) atoms. The molecule has 0 spiro atoms. The smallest absolute Gasteiger partial charge is 0.341 e. The van der Waals surface area contributed by atoms with Crippen molar-refractivity contribution < 1.29 is 23.2 Å². The van der Waals surface area contributed by atoms with E-state index < -0.39 is 28.1 Å². The van der Waals surface area contributed by atoms with Crippen LogP contribution in [0.5, 0.6) is 0 Å². The van der Waals surface area contributed by atoms with Crippen LogP contribution in [0.1, 0.15) is 16.8 Å². The van der Waals surface area contributed by atoms with Gasteiger partial charge in [0.25, 0.3) is 5.69 Å². The Hall–Kier alpha value is -3.10. The first kappa shape index (κ1) is 17.3. The quantitative estimate of drug-likeness (QED) is 0.361. The lowest BCUT2D eigenvalue weighted by atomic mass is 10.2. The topological polar surface area (TPSA) is 94.4 Å². The maximum atomic E-state index is 13.4. The number of anilines is 1. The molecule has 0 aliphatic carbocycles. The van der Waals surface area contributed by atoms with Crippen LogP contribution in [0.25, 0.3) is 0 Å². The summed E-state index contributed by atoms with van der Waals surface area (Å²) >= 11 is 0. The SMILES string of the molecule is O=C(OCCCNc1ccc([N+](=O)[O-])cn1)c1cc(F)ccc1F. The summed E-state index contributed by atoms with van der Waals surface area (Å²) in [7, 11) is 0. The van der Waals surface area contributed by atoms with Crippen LogP contribution in [0.2, 0.25) is 0 Å². The number of hydrogen-bond donors (Lipinski definition) is 1. The molecule has 2 aromatic rings. The molecule has 0 saturated heterocycles. The Balaban J connectivity index is 1.74. The maximum Gasteiger partial charge on any atom is 0.341 e. The van der Waals surface area contributed by atoms with Gasteiger partial charge >= 0.3 is 5.97 Å². The van der Waals surface area contributed by atoms with Crippen molar-refractivity contribution in [2.75, 3.05) is 18.5 Å². The van der Waals surface area contributed by atoms with Gasteiger partial charge in [-0.25, -0.2) is 18.6 Å². The van der Waals surface area contributed by atoms with Crippen molar-refractivity contribution in [1.29, 1.82) is 0 Å². The van der Waals surface area contributed by atoms with E-state index in [2.05, 4.69) is 10.3 Å². The number of carbonyl (C=O) groups excluding carboxylic acids is 1. The summed E-state index contributed by atoms with van der Waals surface area (Å²) in [6.07, 6.45) is 1.51. The van der Waals surface area contributed by atoms with Crippen molar-refractivity contribution in [3.63, 3.8) is 0 Å². The Morgan fingerprint density at radius 1 is 1.29 bits per heavy atom. The number of ether oxygens (including phenoxy) is 1. The molecule has 0 fully saturated rings. The molecule has 1 heterocycles. The summed E-state index contributed by atoms with van der Waals surface area (Å²) in [5.41, 5.74) is -0.577. The summed E-state index contributed by atoms with van der Waals surface area (Å²) in [6, 6.07) is 5.30. The summed E-state index contributed by atoms with van der Waals surface area (Å²) in [5, 5.41) is 13.4. The van der Waals surface area contributed by atoms with Crippen LogP contribution >= 0.6 is 0 Å². The van der Waals surface area contributed by atoms with Crippen molar-refractivity contribution >= 4 is 17.5 Å². The Bertz CT molecular complexity index is 738. The van der Waals surface area contributed by atoms with Gasteiger partial charge in [-0.15, -0.1) is 0 Å². The molecule has 1 N–H and O–H groups in total. The fraction of sp³-hybridized carbons (Fsp3) is 0.200. The van der Waals surface area contributed by atoms with Gasteiger partial charge in [-0.1, -0.05) is 0 Å². The van der Waals surface area contributed by atoms with Crippen molar-refractivity contribution in [1.82, 2.24) is 4.98 Å². The van der Waals surface area contributed by atoms with E-state index in [1.807, 2.05) is 0 Å². The Morgan fingerprint density at radius 2 is 2.08 bits per heavy atom. The second-order valence-electron chi connectivity index (χ2n) is 4.70. The van der Waals surface area contributed by atoms with Gasteiger partial charge in [-0.3, -0.25) is 10.1 Å². The Labute approximate surface area is 135 Å². The first-order chi connectivity index (χ1) is 11.5. The van der Waals surface area contributed by atoms with E-state index in [-0.39, 0.29) is 12.3 Å². The second kappa shape index (κ2) is 7.95. The molecule has 0 saturated carbocycles. The molecule has 0 atom stereocenters. The van der Waals surface area contributed by atoms with Crippen molar-refractivity contribution in [3.8, 4) is 0 Å². The first-order valence-corrected chi connectivity index (χ1v) is 6.94. The van der Waals surface area contributed by atoms with Gasteiger partial charge in [-0.2, -0.15) is 0 Å². The molecule has 0 aliphatic heterocycles. The lowest BCUT2D eigenvalue weighted by Gasteiger charge is -2.07. The lowest BCUT2D eigenvalue weighted by Crippen LogP contribution is -2.12. The van der Waals surface area contributed by atoms with E-state index in [1.165, 1.54) is 12.1 Å². The molecule has 0 aliphatic rings. The molecular weight excluding hydrogens is 324 g/mol. The van der Waals surface area contributed by atoms with Crippen LogP contribution in [-0.4, -0.2) is 29.0 Å². The molecule has 2 rings (SSSR count). The second-order valence-corrected chi connectivity index (χ2v) is 4.70. The van der Waals surface area contributed by atoms with Gasteiger partial charge in [0.2, 0.25) is 0 Å². The highest BCUT2D eigenvalue weighted by Gasteiger charge is 2.14. The molecule has 1 aromatic carbocycles. The predicted octanol–water partition coefficient (Wildman–Crippen LogP) is 2.93. The average Bonchev–Trinajstić information content (AvgIpc) is 2.57. The van der Waals surface area contributed by atoms with E-state index in [9.17, 15) is 23.7 Å². The highest BCUT2D eigenvalue weighted by molar-refractivity contribution is 5.89. The molecular formula is C15H13F2N3O4. The number of pyridine rings is 1. The van der Waals surface area contributed by atoms with E-state index in [4.69, 9.17) is 4.74 Å². The van der Waals surface area contributed by atoms with E-state index >= 15 is 0 Å². The van der Waals surface area contributed by atoms with Gasteiger partial charge in [-0.05, 0) is 30.7 Å². The fourth-order valence-corrected chi connectivity index (χ4v) is 1.78. The van der Waals surface area contributed by atoms with Gasteiger partial charge in [0.1, 0.15) is 23.6 Å². The lowest BCUT2D eigenvalue weighted by molar-refractivity contribution is -0.385. The standard InChI is InChI=1S/C15H13F2N3O4/c16-10-2-4-13(17)12(8-10)15(21)24-7-1-6-18-14-5-3-11(9-19-14)20(22)23/h2-5,8-9H,1,6-7H2,(H,18,19). The van der Waals surface area contributed by atoms with E-state index in [0.29, 0.717) is 18.8 Å². The van der Waals surface area contributed by atoms with Crippen LogP contribution in [0.3, 0.4) is 0 Å². The zero-order valence-electron chi connectivity index (χ0n) is 12.4. The van der Waals surface area contributed by atoms with Crippen LogP contribution in [0, 0.1) is 21.7 Å². The van der Waals surface area contributed by atoms with E-state index in [0.717, 1.165) is 24.4 Å². The maximum absolute atomic E-state index is 13.4. The number of halogens is 2. The summed E-state index contributed by atoms with van der Waals surface area (Å²) in [4.78, 5) is 25.4. The number of carbonyl (C=O) groups is 1. The van der Waals surface area contributed by atoms with Gasteiger partial charge < -0.3 is 10.1 Å². The Morgan fingerprint density at radius 3 is 2.75 bits per heavy atom. The molecule has 0 unspecified atom stereocenters. The van der Waals surface area contributed by atoms with Crippen molar-refractivity contribution in [2.45, 2.75) is 6.42 Å². The molecule has 0 amide bonds. The highest BCUT2D eigenvalue weighted by Crippen LogP contribution is 2.12. The Kier molecular flexibility index (Phi) is 5.72. The number of hydrogen-bond acceptors (Lipinski definition) is 6. The fourth-order valence-electron chi connectivity index (χ4n) is 1.78. The molecule has 0 radical (unpaired) electrons. The monoisotopic (exact) mass is 337 g/mol. The summed E-state index contributed by atoms with van der Waals surface area (Å²) < 4.78 is 31.2. The van der Waals surface area contributed by atoms with Gasteiger partial charge in [0.15, 0.2) is 0 Å². The zero-order chi connectivity index (χ0) is 17.5. The number of nitrogens with one attached hydrogen (secondary N) is 1. The molecule has 7 nitrogen and oxygen atoms in total. The third-order valence-electron chi connectivity index (χ3n) is 2.97. The van der Waals surface area contributed by atoms with Gasteiger partial charge in [0.05, 0.1) is 17.1 Å². The minimum Gasteiger partial charge on any atom is -0.462 e. The number of esters is 1. The zero-order valence-corrected chi connectivity index (χ0v) is 12.4. The third-order valence-corrected chi connectivity index (χ3v) is 2.97. The van der Waals surface area contributed by atoms with Crippen LogP contribution in [-0.2, 0) is 4.74 Å². The van der Waals surface area contributed by atoms with Crippen molar-refractivity contribution in [3.05, 3.63) is 63.8 Å². The van der Waals surface area contributed by atoms with E-state index in [1.54, 1.807) is 0 Å². The molecule has 1 aromatic heterocycles. The number of nitro groups is 1. The normalized spacial score (nSPS) is 10.2. The first-order valence-electron chi connectivity index (χ1n) is 6.94. The number of benzene rings is 1. The third kappa shape index (κ3) is 4.70. The van der Waals surface area contributed by atoms with Gasteiger partial charge in [0, 0.05) is 12.6 Å². The molecule has 0 bridgehead atoms.